The Hall–Kier alpha value is -2.70. The maximum absolute atomic E-state index is 11.5. The Balaban J connectivity index is 1.79. The molecule has 0 saturated carbocycles. The molecule has 8 heteroatoms. The average Bonchev–Trinajstić information content (AvgIpc) is 2.58. The van der Waals surface area contributed by atoms with Gasteiger partial charge in [-0.2, -0.15) is 10.1 Å². The smallest absolute Gasteiger partial charge is 0.249 e. The van der Waals surface area contributed by atoms with Crippen LogP contribution < -0.4 is 10.6 Å². The van der Waals surface area contributed by atoms with E-state index >= 15 is 0 Å². The standard InChI is InChI=1S/C17H13Cl2N5O/c1-10(25)11-3-2-4-13(7-11)21-16-9-20-24-17(23-16)22-15-6-5-12(18)8-14(15)19/h2-9H,1H3,(H2,21,22,23,24). The van der Waals surface area contributed by atoms with E-state index in [0.29, 0.717) is 27.1 Å². The van der Waals surface area contributed by atoms with E-state index < -0.39 is 0 Å². The molecule has 0 bridgehead atoms. The van der Waals surface area contributed by atoms with Crippen molar-refractivity contribution >= 4 is 52.1 Å². The van der Waals surface area contributed by atoms with Gasteiger partial charge in [0.1, 0.15) is 0 Å². The molecule has 126 valence electrons. The molecule has 0 atom stereocenters. The fourth-order valence-corrected chi connectivity index (χ4v) is 2.55. The van der Waals surface area contributed by atoms with Crippen molar-refractivity contribution in [3.63, 3.8) is 0 Å². The van der Waals surface area contributed by atoms with E-state index in [9.17, 15) is 4.79 Å². The third-order valence-electron chi connectivity index (χ3n) is 3.28. The Kier molecular flexibility index (Phi) is 5.11. The van der Waals surface area contributed by atoms with Gasteiger partial charge in [0.2, 0.25) is 5.95 Å². The maximum atomic E-state index is 11.5. The molecule has 3 aromatic rings. The number of benzene rings is 2. The van der Waals surface area contributed by atoms with Gasteiger partial charge in [0, 0.05) is 16.3 Å². The van der Waals surface area contributed by atoms with Crippen LogP contribution in [0.3, 0.4) is 0 Å². The summed E-state index contributed by atoms with van der Waals surface area (Å²) in [5, 5.41) is 14.9. The average molecular weight is 374 g/mol. The fourth-order valence-electron chi connectivity index (χ4n) is 2.09. The van der Waals surface area contributed by atoms with E-state index in [-0.39, 0.29) is 11.7 Å². The zero-order chi connectivity index (χ0) is 17.8. The van der Waals surface area contributed by atoms with Crippen LogP contribution in [0.15, 0.2) is 48.7 Å². The molecule has 0 amide bonds. The van der Waals surface area contributed by atoms with Crippen LogP contribution in [0.1, 0.15) is 17.3 Å². The molecule has 0 aliphatic heterocycles. The van der Waals surface area contributed by atoms with Crippen molar-refractivity contribution in [1.82, 2.24) is 15.2 Å². The van der Waals surface area contributed by atoms with E-state index in [1.807, 2.05) is 6.07 Å². The minimum absolute atomic E-state index is 0.0100. The molecule has 2 aromatic carbocycles. The van der Waals surface area contributed by atoms with E-state index in [2.05, 4.69) is 25.8 Å². The Morgan fingerprint density at radius 1 is 1.08 bits per heavy atom. The summed E-state index contributed by atoms with van der Waals surface area (Å²) < 4.78 is 0. The lowest BCUT2D eigenvalue weighted by atomic mass is 10.1. The number of carbonyl (C=O) groups excluding carboxylic acids is 1. The first-order valence-corrected chi connectivity index (χ1v) is 8.07. The highest BCUT2D eigenvalue weighted by molar-refractivity contribution is 6.36. The van der Waals surface area contributed by atoms with Gasteiger partial charge in [-0.05, 0) is 37.3 Å². The molecule has 0 aliphatic carbocycles. The topological polar surface area (TPSA) is 79.8 Å². The molecule has 0 fully saturated rings. The largest absolute Gasteiger partial charge is 0.339 e. The van der Waals surface area contributed by atoms with Crippen LogP contribution in [0, 0.1) is 0 Å². The van der Waals surface area contributed by atoms with Gasteiger partial charge in [-0.25, -0.2) is 0 Å². The van der Waals surface area contributed by atoms with Gasteiger partial charge in [0.15, 0.2) is 11.6 Å². The van der Waals surface area contributed by atoms with Crippen LogP contribution in [0.4, 0.5) is 23.1 Å². The summed E-state index contributed by atoms with van der Waals surface area (Å²) in [6, 6.07) is 12.2. The van der Waals surface area contributed by atoms with Gasteiger partial charge in [-0.15, -0.1) is 5.10 Å². The van der Waals surface area contributed by atoms with Crippen molar-refractivity contribution in [2.45, 2.75) is 6.92 Å². The van der Waals surface area contributed by atoms with Gasteiger partial charge in [0.25, 0.3) is 0 Å². The van der Waals surface area contributed by atoms with Gasteiger partial charge in [-0.1, -0.05) is 35.3 Å². The number of Topliss-reactive ketones (excluding diaryl/α,β-unsaturated/α-hetero) is 1. The van der Waals surface area contributed by atoms with E-state index in [1.165, 1.54) is 13.1 Å². The van der Waals surface area contributed by atoms with Crippen LogP contribution in [-0.2, 0) is 0 Å². The first kappa shape index (κ1) is 17.1. The number of nitrogens with one attached hydrogen (secondary N) is 2. The number of anilines is 4. The normalized spacial score (nSPS) is 10.4. The first-order valence-electron chi connectivity index (χ1n) is 7.31. The third-order valence-corrected chi connectivity index (χ3v) is 3.83. The summed E-state index contributed by atoms with van der Waals surface area (Å²) in [7, 11) is 0. The molecule has 1 heterocycles. The predicted molar refractivity (Wildman–Crippen MR) is 99.3 cm³/mol. The Morgan fingerprint density at radius 2 is 1.92 bits per heavy atom. The number of halogens is 2. The number of aromatic nitrogens is 3. The number of nitrogens with zero attached hydrogens (tertiary/aromatic N) is 3. The van der Waals surface area contributed by atoms with E-state index in [4.69, 9.17) is 23.2 Å². The highest BCUT2D eigenvalue weighted by atomic mass is 35.5. The summed E-state index contributed by atoms with van der Waals surface area (Å²) in [4.78, 5) is 15.8. The molecule has 25 heavy (non-hydrogen) atoms. The summed E-state index contributed by atoms with van der Waals surface area (Å²) in [5.41, 5.74) is 1.95. The molecule has 0 spiro atoms. The molecule has 6 nitrogen and oxygen atoms in total. The molecular formula is C17H13Cl2N5O. The number of carbonyl (C=O) groups is 1. The van der Waals surface area contributed by atoms with Crippen molar-refractivity contribution in [2.24, 2.45) is 0 Å². The number of hydrogen-bond donors (Lipinski definition) is 2. The molecule has 0 saturated heterocycles. The number of rotatable bonds is 5. The highest BCUT2D eigenvalue weighted by Gasteiger charge is 2.06. The second-order valence-electron chi connectivity index (χ2n) is 5.18. The lowest BCUT2D eigenvalue weighted by molar-refractivity contribution is 0.101. The molecule has 1 aromatic heterocycles. The van der Waals surface area contributed by atoms with Gasteiger partial charge >= 0.3 is 0 Å². The summed E-state index contributed by atoms with van der Waals surface area (Å²) in [6.07, 6.45) is 1.48. The van der Waals surface area contributed by atoms with Crippen molar-refractivity contribution in [2.75, 3.05) is 10.6 Å². The van der Waals surface area contributed by atoms with Crippen LogP contribution in [0.2, 0.25) is 10.0 Å². The monoisotopic (exact) mass is 373 g/mol. The third kappa shape index (κ3) is 4.43. The molecule has 0 unspecified atom stereocenters. The maximum Gasteiger partial charge on any atom is 0.249 e. The van der Waals surface area contributed by atoms with Crippen LogP contribution in [0.25, 0.3) is 0 Å². The Morgan fingerprint density at radius 3 is 2.68 bits per heavy atom. The van der Waals surface area contributed by atoms with E-state index in [1.54, 1.807) is 36.4 Å². The number of ketones is 1. The zero-order valence-corrected chi connectivity index (χ0v) is 14.6. The first-order chi connectivity index (χ1) is 12.0. The molecule has 0 radical (unpaired) electrons. The molecular weight excluding hydrogens is 361 g/mol. The van der Waals surface area contributed by atoms with Gasteiger partial charge < -0.3 is 10.6 Å². The lowest BCUT2D eigenvalue weighted by Crippen LogP contribution is -2.03. The Labute approximate surface area is 154 Å². The second-order valence-corrected chi connectivity index (χ2v) is 6.02. The number of hydrogen-bond acceptors (Lipinski definition) is 6. The summed E-state index contributed by atoms with van der Waals surface area (Å²) >= 11 is 12.0. The minimum atomic E-state index is -0.0100. The van der Waals surface area contributed by atoms with Gasteiger partial charge in [0.05, 0.1) is 16.9 Å². The van der Waals surface area contributed by atoms with Crippen molar-refractivity contribution < 1.29 is 4.79 Å². The summed E-state index contributed by atoms with van der Waals surface area (Å²) in [5.74, 6) is 0.740. The lowest BCUT2D eigenvalue weighted by Gasteiger charge is -2.09. The molecule has 0 aliphatic rings. The van der Waals surface area contributed by atoms with Crippen molar-refractivity contribution in [1.29, 1.82) is 0 Å². The SMILES string of the molecule is CC(=O)c1cccc(Nc2cnnc(Nc3ccc(Cl)cc3Cl)n2)c1. The van der Waals surface area contributed by atoms with Gasteiger partial charge in [-0.3, -0.25) is 4.79 Å². The Bertz CT molecular complexity index is 932. The quantitative estimate of drug-likeness (QED) is 0.621. The highest BCUT2D eigenvalue weighted by Crippen LogP contribution is 2.27. The predicted octanol–water partition coefficient (Wildman–Crippen LogP) is 4.87. The van der Waals surface area contributed by atoms with Crippen LogP contribution in [-0.4, -0.2) is 21.0 Å². The van der Waals surface area contributed by atoms with Crippen molar-refractivity contribution in [3.05, 3.63) is 64.3 Å². The molecule has 2 N–H and O–H groups in total. The minimum Gasteiger partial charge on any atom is -0.339 e. The van der Waals surface area contributed by atoms with E-state index in [0.717, 1.165) is 5.69 Å². The van der Waals surface area contributed by atoms with Crippen LogP contribution >= 0.6 is 23.2 Å². The second kappa shape index (κ2) is 7.46. The summed E-state index contributed by atoms with van der Waals surface area (Å²) in [6.45, 7) is 1.52. The molecule has 3 rings (SSSR count). The van der Waals surface area contributed by atoms with Crippen LogP contribution in [0.5, 0.6) is 0 Å². The zero-order valence-electron chi connectivity index (χ0n) is 13.1. The fraction of sp³-hybridized carbons (Fsp3) is 0.0588. The van der Waals surface area contributed by atoms with Crippen molar-refractivity contribution in [3.8, 4) is 0 Å².